The molecule has 7 nitrogen and oxygen atoms in total. The Morgan fingerprint density at radius 2 is 1.88 bits per heavy atom. The number of rotatable bonds is 9. The number of hydrogen-bond donors (Lipinski definition) is 1. The molecule has 0 unspecified atom stereocenters. The predicted molar refractivity (Wildman–Crippen MR) is 92.4 cm³/mol. The third-order valence-electron chi connectivity index (χ3n) is 3.16. The first-order valence-electron chi connectivity index (χ1n) is 7.28. The minimum Gasteiger partial charge on any atom is -0.497 e. The fourth-order valence-electron chi connectivity index (χ4n) is 1.85. The van der Waals surface area contributed by atoms with Gasteiger partial charge in [0.25, 0.3) is 0 Å². The molecule has 0 bridgehead atoms. The van der Waals surface area contributed by atoms with Crippen LogP contribution in [0.1, 0.15) is 16.8 Å². The summed E-state index contributed by atoms with van der Waals surface area (Å²) in [7, 11) is -2.09. The number of carbonyl (C=O) groups excluding carboxylic acids is 2. The van der Waals surface area contributed by atoms with Gasteiger partial charge in [0.1, 0.15) is 9.96 Å². The molecule has 0 amide bonds. The van der Waals surface area contributed by atoms with Gasteiger partial charge in [-0.1, -0.05) is 6.07 Å². The Hall–Kier alpha value is -2.23. The van der Waals surface area contributed by atoms with Crippen molar-refractivity contribution in [3.8, 4) is 5.75 Å². The van der Waals surface area contributed by atoms with E-state index < -0.39 is 22.6 Å². The standard InChI is InChI=1S/C16H17NO6S2/c1-22-13-6-4-12(5-7-13)14(18)11-23-15(19)8-9-17-25(20,21)16-3-2-10-24-16/h2-7,10,17H,8-9,11H2,1H3. The molecule has 0 aliphatic carbocycles. The molecular formula is C16H17NO6S2. The maximum Gasteiger partial charge on any atom is 0.307 e. The van der Waals surface area contributed by atoms with Crippen molar-refractivity contribution in [1.82, 2.24) is 4.72 Å². The minimum atomic E-state index is -3.61. The Morgan fingerprint density at radius 3 is 2.48 bits per heavy atom. The van der Waals surface area contributed by atoms with E-state index in [2.05, 4.69) is 4.72 Å². The molecule has 1 aromatic carbocycles. The smallest absolute Gasteiger partial charge is 0.307 e. The molecule has 0 radical (unpaired) electrons. The number of esters is 1. The van der Waals surface area contributed by atoms with Gasteiger partial charge in [0, 0.05) is 12.1 Å². The summed E-state index contributed by atoms with van der Waals surface area (Å²) in [6.45, 7) is -0.501. The number of Topliss-reactive ketones (excluding diaryl/α,β-unsaturated/α-hetero) is 1. The van der Waals surface area contributed by atoms with Crippen LogP contribution < -0.4 is 9.46 Å². The van der Waals surface area contributed by atoms with Crippen LogP contribution in [0.5, 0.6) is 5.75 Å². The van der Waals surface area contributed by atoms with E-state index in [4.69, 9.17) is 9.47 Å². The van der Waals surface area contributed by atoms with Gasteiger partial charge in [-0.2, -0.15) is 0 Å². The van der Waals surface area contributed by atoms with Crippen molar-refractivity contribution in [3.63, 3.8) is 0 Å². The van der Waals surface area contributed by atoms with E-state index >= 15 is 0 Å². The molecule has 9 heteroatoms. The Labute approximate surface area is 149 Å². The summed E-state index contributed by atoms with van der Waals surface area (Å²) in [6.07, 6.45) is -0.166. The van der Waals surface area contributed by atoms with E-state index in [-0.39, 0.29) is 23.0 Å². The molecule has 2 aromatic rings. The second kappa shape index (κ2) is 8.75. The fraction of sp³-hybridized carbons (Fsp3) is 0.250. The Balaban J connectivity index is 1.74. The zero-order valence-electron chi connectivity index (χ0n) is 13.4. The van der Waals surface area contributed by atoms with Gasteiger partial charge in [0.15, 0.2) is 12.4 Å². The molecule has 0 aliphatic heterocycles. The van der Waals surface area contributed by atoms with E-state index in [0.29, 0.717) is 11.3 Å². The number of nitrogens with one attached hydrogen (secondary N) is 1. The molecule has 1 N–H and O–H groups in total. The van der Waals surface area contributed by atoms with Crippen LogP contribution in [0, 0.1) is 0 Å². The zero-order chi connectivity index (χ0) is 18.3. The lowest BCUT2D eigenvalue weighted by Gasteiger charge is -2.06. The van der Waals surface area contributed by atoms with Crippen molar-refractivity contribution in [2.24, 2.45) is 0 Å². The highest BCUT2D eigenvalue weighted by molar-refractivity contribution is 7.91. The van der Waals surface area contributed by atoms with Gasteiger partial charge in [-0.25, -0.2) is 13.1 Å². The number of ketones is 1. The van der Waals surface area contributed by atoms with E-state index in [1.165, 1.54) is 13.2 Å². The topological polar surface area (TPSA) is 98.8 Å². The summed E-state index contributed by atoms with van der Waals surface area (Å²) in [5.74, 6) is -0.391. The summed E-state index contributed by atoms with van der Waals surface area (Å²) < 4.78 is 36.1. The van der Waals surface area contributed by atoms with Crippen LogP contribution in [0.15, 0.2) is 46.0 Å². The Bertz CT molecular complexity index is 813. The van der Waals surface area contributed by atoms with Gasteiger partial charge < -0.3 is 9.47 Å². The van der Waals surface area contributed by atoms with Gasteiger partial charge in [0.2, 0.25) is 10.0 Å². The van der Waals surface area contributed by atoms with Gasteiger partial charge >= 0.3 is 5.97 Å². The first-order valence-corrected chi connectivity index (χ1v) is 9.65. The summed E-state index contributed by atoms with van der Waals surface area (Å²) in [5.41, 5.74) is 0.395. The van der Waals surface area contributed by atoms with Gasteiger partial charge in [0.05, 0.1) is 13.5 Å². The van der Waals surface area contributed by atoms with E-state index in [0.717, 1.165) is 11.3 Å². The number of hydrogen-bond acceptors (Lipinski definition) is 7. The third kappa shape index (κ3) is 5.66. The Morgan fingerprint density at radius 1 is 1.16 bits per heavy atom. The third-order valence-corrected chi connectivity index (χ3v) is 6.02. The van der Waals surface area contributed by atoms with E-state index in [9.17, 15) is 18.0 Å². The molecule has 0 saturated carbocycles. The summed E-state index contributed by atoms with van der Waals surface area (Å²) in [4.78, 5) is 23.5. The van der Waals surface area contributed by atoms with Crippen LogP contribution in [-0.2, 0) is 19.6 Å². The number of carbonyl (C=O) groups is 2. The average Bonchev–Trinajstić information content (AvgIpc) is 3.15. The zero-order valence-corrected chi connectivity index (χ0v) is 15.1. The molecule has 1 heterocycles. The lowest BCUT2D eigenvalue weighted by molar-refractivity contribution is -0.142. The second-order valence-electron chi connectivity index (χ2n) is 4.89. The molecule has 25 heavy (non-hydrogen) atoms. The SMILES string of the molecule is COc1ccc(C(=O)COC(=O)CCNS(=O)(=O)c2cccs2)cc1. The summed E-state index contributed by atoms with van der Waals surface area (Å²) >= 11 is 1.08. The highest BCUT2D eigenvalue weighted by Gasteiger charge is 2.16. The molecule has 0 fully saturated rings. The predicted octanol–water partition coefficient (Wildman–Crippen LogP) is 1.85. The molecule has 0 saturated heterocycles. The normalized spacial score (nSPS) is 11.1. The molecule has 2 rings (SSSR count). The van der Waals surface area contributed by atoms with Crippen molar-refractivity contribution in [2.75, 3.05) is 20.3 Å². The largest absolute Gasteiger partial charge is 0.497 e. The maximum atomic E-state index is 11.9. The summed E-state index contributed by atoms with van der Waals surface area (Å²) in [5, 5.41) is 1.65. The number of sulfonamides is 1. The van der Waals surface area contributed by atoms with Crippen LogP contribution in [0.4, 0.5) is 0 Å². The van der Waals surface area contributed by atoms with Crippen molar-refractivity contribution in [3.05, 3.63) is 47.3 Å². The second-order valence-corrected chi connectivity index (χ2v) is 7.83. The monoisotopic (exact) mass is 383 g/mol. The molecule has 0 atom stereocenters. The van der Waals surface area contributed by atoms with Crippen molar-refractivity contribution < 1.29 is 27.5 Å². The van der Waals surface area contributed by atoms with Crippen LogP contribution in [0.2, 0.25) is 0 Å². The van der Waals surface area contributed by atoms with Crippen molar-refractivity contribution in [2.45, 2.75) is 10.6 Å². The van der Waals surface area contributed by atoms with E-state index in [1.807, 2.05) is 0 Å². The average molecular weight is 383 g/mol. The molecule has 1 aromatic heterocycles. The highest BCUT2D eigenvalue weighted by Crippen LogP contribution is 2.15. The number of benzene rings is 1. The number of methoxy groups -OCH3 is 1. The quantitative estimate of drug-likeness (QED) is 0.524. The lowest BCUT2D eigenvalue weighted by Crippen LogP contribution is -2.26. The Kier molecular flexibility index (Phi) is 6.68. The van der Waals surface area contributed by atoms with Gasteiger partial charge in [-0.3, -0.25) is 9.59 Å². The minimum absolute atomic E-state index is 0.101. The summed E-state index contributed by atoms with van der Waals surface area (Å²) in [6, 6.07) is 9.51. The highest BCUT2D eigenvalue weighted by atomic mass is 32.2. The van der Waals surface area contributed by atoms with Crippen LogP contribution in [-0.4, -0.2) is 40.4 Å². The van der Waals surface area contributed by atoms with Crippen LogP contribution >= 0.6 is 11.3 Å². The number of ether oxygens (including phenoxy) is 2. The molecule has 134 valence electrons. The van der Waals surface area contributed by atoms with Gasteiger partial charge in [-0.05, 0) is 35.7 Å². The first-order chi connectivity index (χ1) is 11.9. The fourth-order valence-corrected chi connectivity index (χ4v) is 3.92. The van der Waals surface area contributed by atoms with Crippen molar-refractivity contribution >= 4 is 33.1 Å². The molecule has 0 spiro atoms. The van der Waals surface area contributed by atoms with Crippen LogP contribution in [0.25, 0.3) is 0 Å². The molecular weight excluding hydrogens is 366 g/mol. The van der Waals surface area contributed by atoms with E-state index in [1.54, 1.807) is 35.7 Å². The molecule has 0 aliphatic rings. The first kappa shape index (κ1) is 19.1. The van der Waals surface area contributed by atoms with Gasteiger partial charge in [-0.15, -0.1) is 11.3 Å². The maximum absolute atomic E-state index is 11.9. The lowest BCUT2D eigenvalue weighted by atomic mass is 10.1. The van der Waals surface area contributed by atoms with Crippen LogP contribution in [0.3, 0.4) is 0 Å². The van der Waals surface area contributed by atoms with Crippen molar-refractivity contribution in [1.29, 1.82) is 0 Å². The number of thiophene rings is 1.